The van der Waals surface area contributed by atoms with Crippen molar-refractivity contribution in [1.29, 1.82) is 0 Å². The Labute approximate surface area is 97.2 Å². The van der Waals surface area contributed by atoms with Crippen molar-refractivity contribution in [2.45, 2.75) is 45.1 Å². The number of nitrogens with one attached hydrogen (secondary N) is 2. The zero-order valence-corrected chi connectivity index (χ0v) is 10.2. The first-order valence-corrected chi connectivity index (χ1v) is 5.85. The maximum Gasteiger partial charge on any atom is 0.239 e. The summed E-state index contributed by atoms with van der Waals surface area (Å²) in [6, 6.07) is -0.518. The Hall–Kier alpha value is -1.10. The highest BCUT2D eigenvalue weighted by atomic mass is 16.2. The number of unbranched alkanes of at least 4 members (excludes halogenated alkanes) is 1. The van der Waals surface area contributed by atoms with Crippen molar-refractivity contribution in [1.82, 2.24) is 10.6 Å². The van der Waals surface area contributed by atoms with Gasteiger partial charge in [0, 0.05) is 6.42 Å². The third-order valence-corrected chi connectivity index (χ3v) is 2.33. The minimum Gasteiger partial charge on any atom is -0.368 e. The van der Waals surface area contributed by atoms with E-state index in [-0.39, 0.29) is 5.91 Å². The van der Waals surface area contributed by atoms with Gasteiger partial charge >= 0.3 is 0 Å². The Morgan fingerprint density at radius 1 is 1.31 bits per heavy atom. The van der Waals surface area contributed by atoms with Gasteiger partial charge in [-0.3, -0.25) is 9.59 Å². The van der Waals surface area contributed by atoms with Gasteiger partial charge in [0.25, 0.3) is 0 Å². The molecule has 1 unspecified atom stereocenters. The molecule has 0 aromatic rings. The Morgan fingerprint density at radius 3 is 2.50 bits per heavy atom. The molecule has 0 fully saturated rings. The van der Waals surface area contributed by atoms with Crippen molar-refractivity contribution >= 4 is 11.8 Å². The van der Waals surface area contributed by atoms with Gasteiger partial charge in [0.15, 0.2) is 0 Å². The van der Waals surface area contributed by atoms with Gasteiger partial charge in [0.1, 0.15) is 6.04 Å². The van der Waals surface area contributed by atoms with Crippen LogP contribution in [0.5, 0.6) is 0 Å². The van der Waals surface area contributed by atoms with Crippen LogP contribution in [-0.4, -0.2) is 31.4 Å². The fourth-order valence-electron chi connectivity index (χ4n) is 1.43. The molecule has 4 N–H and O–H groups in total. The zero-order chi connectivity index (χ0) is 12.4. The fourth-order valence-corrected chi connectivity index (χ4v) is 1.43. The molecule has 0 saturated carbocycles. The summed E-state index contributed by atoms with van der Waals surface area (Å²) in [5.74, 6) is -0.547. The molecule has 0 aromatic carbocycles. The first kappa shape index (κ1) is 14.9. The van der Waals surface area contributed by atoms with Gasteiger partial charge in [0.2, 0.25) is 11.8 Å². The average molecular weight is 229 g/mol. The SMILES string of the molecule is CCCC(=O)NC(CCCCNC)C(N)=O. The molecule has 0 aromatic heterocycles. The van der Waals surface area contributed by atoms with Crippen molar-refractivity contribution in [3.8, 4) is 0 Å². The summed E-state index contributed by atoms with van der Waals surface area (Å²) in [5, 5.41) is 5.69. The number of carbonyl (C=O) groups excluding carboxylic acids is 2. The molecular formula is C11H23N3O2. The lowest BCUT2D eigenvalue weighted by Gasteiger charge is -2.15. The molecule has 5 heteroatoms. The summed E-state index contributed by atoms with van der Waals surface area (Å²) < 4.78 is 0. The Kier molecular flexibility index (Phi) is 8.52. The summed E-state index contributed by atoms with van der Waals surface area (Å²) >= 11 is 0. The lowest BCUT2D eigenvalue weighted by Crippen LogP contribution is -2.44. The van der Waals surface area contributed by atoms with Crippen LogP contribution in [0.4, 0.5) is 0 Å². The van der Waals surface area contributed by atoms with Crippen LogP contribution in [0.25, 0.3) is 0 Å². The van der Waals surface area contributed by atoms with Crippen LogP contribution < -0.4 is 16.4 Å². The summed E-state index contributed by atoms with van der Waals surface area (Å²) in [5.41, 5.74) is 5.23. The van der Waals surface area contributed by atoms with E-state index in [0.717, 1.165) is 25.8 Å². The number of rotatable bonds is 9. The summed E-state index contributed by atoms with van der Waals surface area (Å²) in [4.78, 5) is 22.4. The number of carbonyl (C=O) groups is 2. The summed E-state index contributed by atoms with van der Waals surface area (Å²) in [6.45, 7) is 2.83. The first-order chi connectivity index (χ1) is 7.61. The smallest absolute Gasteiger partial charge is 0.239 e. The monoisotopic (exact) mass is 229 g/mol. The second kappa shape index (κ2) is 9.15. The summed E-state index contributed by atoms with van der Waals surface area (Å²) in [7, 11) is 1.88. The van der Waals surface area contributed by atoms with E-state index in [2.05, 4.69) is 10.6 Å². The van der Waals surface area contributed by atoms with E-state index < -0.39 is 11.9 Å². The Morgan fingerprint density at radius 2 is 2.00 bits per heavy atom. The van der Waals surface area contributed by atoms with Crippen LogP contribution in [-0.2, 0) is 9.59 Å². The number of amides is 2. The standard InChI is InChI=1S/C11H23N3O2/c1-3-6-10(15)14-9(11(12)16)7-4-5-8-13-2/h9,13H,3-8H2,1-2H3,(H2,12,16)(H,14,15). The van der Waals surface area contributed by atoms with Crippen LogP contribution in [0.15, 0.2) is 0 Å². The van der Waals surface area contributed by atoms with E-state index in [1.165, 1.54) is 0 Å². The fraction of sp³-hybridized carbons (Fsp3) is 0.818. The topological polar surface area (TPSA) is 84.2 Å². The second-order valence-electron chi connectivity index (χ2n) is 3.87. The normalized spacial score (nSPS) is 12.1. The first-order valence-electron chi connectivity index (χ1n) is 5.85. The predicted molar refractivity (Wildman–Crippen MR) is 63.8 cm³/mol. The molecule has 1 atom stereocenters. The van der Waals surface area contributed by atoms with Crippen LogP contribution >= 0.6 is 0 Å². The molecule has 94 valence electrons. The number of nitrogens with two attached hydrogens (primary N) is 1. The minimum atomic E-state index is -0.518. The molecule has 5 nitrogen and oxygen atoms in total. The maximum absolute atomic E-state index is 11.3. The molecule has 0 saturated heterocycles. The van der Waals surface area contributed by atoms with Crippen LogP contribution in [0.2, 0.25) is 0 Å². The maximum atomic E-state index is 11.3. The molecule has 0 aliphatic carbocycles. The van der Waals surface area contributed by atoms with Crippen molar-refractivity contribution in [2.24, 2.45) is 5.73 Å². The molecule has 0 aliphatic rings. The molecule has 0 spiro atoms. The molecule has 0 radical (unpaired) electrons. The lowest BCUT2D eigenvalue weighted by atomic mass is 10.1. The van der Waals surface area contributed by atoms with Crippen molar-refractivity contribution in [3.63, 3.8) is 0 Å². The van der Waals surface area contributed by atoms with E-state index in [4.69, 9.17) is 5.73 Å². The van der Waals surface area contributed by atoms with Gasteiger partial charge in [-0.25, -0.2) is 0 Å². The molecule has 16 heavy (non-hydrogen) atoms. The third-order valence-electron chi connectivity index (χ3n) is 2.33. The van der Waals surface area contributed by atoms with Crippen LogP contribution in [0.3, 0.4) is 0 Å². The van der Waals surface area contributed by atoms with E-state index >= 15 is 0 Å². The van der Waals surface area contributed by atoms with Gasteiger partial charge in [-0.15, -0.1) is 0 Å². The van der Waals surface area contributed by atoms with Gasteiger partial charge < -0.3 is 16.4 Å². The highest BCUT2D eigenvalue weighted by Crippen LogP contribution is 2.01. The van der Waals surface area contributed by atoms with E-state index in [1.807, 2.05) is 14.0 Å². The summed E-state index contributed by atoms with van der Waals surface area (Å²) in [6.07, 6.45) is 3.69. The van der Waals surface area contributed by atoms with Crippen molar-refractivity contribution in [2.75, 3.05) is 13.6 Å². The van der Waals surface area contributed by atoms with E-state index in [1.54, 1.807) is 0 Å². The third kappa shape index (κ3) is 7.23. The molecule has 0 bridgehead atoms. The molecular weight excluding hydrogens is 206 g/mol. The number of hydrogen-bond acceptors (Lipinski definition) is 3. The molecule has 0 heterocycles. The van der Waals surface area contributed by atoms with Gasteiger partial charge in [0.05, 0.1) is 0 Å². The van der Waals surface area contributed by atoms with Gasteiger partial charge in [-0.05, 0) is 39.3 Å². The zero-order valence-electron chi connectivity index (χ0n) is 10.2. The van der Waals surface area contributed by atoms with E-state index in [9.17, 15) is 9.59 Å². The predicted octanol–water partition coefficient (Wildman–Crippen LogP) is 0.146. The van der Waals surface area contributed by atoms with Gasteiger partial charge in [-0.1, -0.05) is 6.92 Å². The number of primary amides is 1. The highest BCUT2D eigenvalue weighted by Gasteiger charge is 2.16. The molecule has 0 aliphatic heterocycles. The molecule has 0 rings (SSSR count). The lowest BCUT2D eigenvalue weighted by molar-refractivity contribution is -0.127. The second-order valence-corrected chi connectivity index (χ2v) is 3.87. The van der Waals surface area contributed by atoms with Crippen LogP contribution in [0, 0.1) is 0 Å². The van der Waals surface area contributed by atoms with E-state index in [0.29, 0.717) is 12.8 Å². The minimum absolute atomic E-state index is 0.0973. The van der Waals surface area contributed by atoms with Crippen molar-refractivity contribution in [3.05, 3.63) is 0 Å². The molecule has 2 amide bonds. The largest absolute Gasteiger partial charge is 0.368 e. The van der Waals surface area contributed by atoms with Gasteiger partial charge in [-0.2, -0.15) is 0 Å². The highest BCUT2D eigenvalue weighted by molar-refractivity contribution is 5.86. The Bertz CT molecular complexity index is 219. The number of hydrogen-bond donors (Lipinski definition) is 3. The average Bonchev–Trinajstić information content (AvgIpc) is 2.22. The van der Waals surface area contributed by atoms with Crippen LogP contribution in [0.1, 0.15) is 39.0 Å². The van der Waals surface area contributed by atoms with Crippen molar-refractivity contribution < 1.29 is 9.59 Å². The quantitative estimate of drug-likeness (QED) is 0.492. The Balaban J connectivity index is 3.88.